The molecule has 2 atom stereocenters. The lowest BCUT2D eigenvalue weighted by Crippen LogP contribution is -2.27. The Morgan fingerprint density at radius 1 is 1.27 bits per heavy atom. The van der Waals surface area contributed by atoms with Crippen LogP contribution in [0.25, 0.3) is 11.3 Å². The first-order valence-electron chi connectivity index (χ1n) is 7.37. The molecule has 0 spiro atoms. The Morgan fingerprint density at radius 2 is 2.05 bits per heavy atom. The van der Waals surface area contributed by atoms with E-state index in [9.17, 15) is 4.79 Å². The highest BCUT2D eigenvalue weighted by molar-refractivity contribution is 5.98. The zero-order valence-electron chi connectivity index (χ0n) is 12.2. The van der Waals surface area contributed by atoms with Gasteiger partial charge in [-0.25, -0.2) is 4.98 Å². The Kier molecular flexibility index (Phi) is 3.03. The van der Waals surface area contributed by atoms with Crippen LogP contribution < -0.4 is 14.8 Å². The number of amides is 1. The van der Waals surface area contributed by atoms with Crippen molar-refractivity contribution >= 4 is 5.91 Å². The Balaban J connectivity index is 1.63. The van der Waals surface area contributed by atoms with E-state index < -0.39 is 0 Å². The summed E-state index contributed by atoms with van der Waals surface area (Å²) in [5, 5.41) is 2.96. The maximum absolute atomic E-state index is 12.3. The molecule has 2 aliphatic rings. The first kappa shape index (κ1) is 13.2. The maximum atomic E-state index is 12.3. The van der Waals surface area contributed by atoms with Crippen LogP contribution in [-0.4, -0.2) is 30.1 Å². The standard InChI is InChI=1S/C16H16N2O4/c1-9-6-11(9)18-16(19)14-15(22-8-17-14)10-2-3-12-13(7-10)21-5-4-20-12/h2-3,7-9,11H,4-6H2,1H3,(H,18,19). The molecule has 0 radical (unpaired) electrons. The SMILES string of the molecule is CC1CC1NC(=O)c1ncoc1-c1ccc2c(c1)OCCO2. The fraction of sp³-hybridized carbons (Fsp3) is 0.375. The van der Waals surface area contributed by atoms with Gasteiger partial charge in [0.1, 0.15) is 13.2 Å². The second kappa shape index (κ2) is 5.05. The van der Waals surface area contributed by atoms with E-state index in [1.165, 1.54) is 6.39 Å². The first-order valence-corrected chi connectivity index (χ1v) is 7.37. The molecule has 1 aromatic carbocycles. The predicted molar refractivity (Wildman–Crippen MR) is 78.0 cm³/mol. The van der Waals surface area contributed by atoms with Gasteiger partial charge in [0.2, 0.25) is 0 Å². The predicted octanol–water partition coefficient (Wildman–Crippen LogP) is 2.25. The summed E-state index contributed by atoms with van der Waals surface area (Å²) in [6.45, 7) is 3.16. The number of benzene rings is 1. The molecule has 0 bridgehead atoms. The van der Waals surface area contributed by atoms with Crippen molar-refractivity contribution in [2.75, 3.05) is 13.2 Å². The summed E-state index contributed by atoms with van der Waals surface area (Å²) in [7, 11) is 0. The number of hydrogen-bond acceptors (Lipinski definition) is 5. The minimum atomic E-state index is -0.201. The Bertz CT molecular complexity index is 725. The van der Waals surface area contributed by atoms with Gasteiger partial charge in [0.05, 0.1) is 0 Å². The van der Waals surface area contributed by atoms with Crippen molar-refractivity contribution < 1.29 is 18.7 Å². The van der Waals surface area contributed by atoms with Crippen molar-refractivity contribution in [1.82, 2.24) is 10.3 Å². The van der Waals surface area contributed by atoms with Gasteiger partial charge in [-0.3, -0.25) is 4.79 Å². The number of nitrogens with one attached hydrogen (secondary N) is 1. The molecule has 1 fully saturated rings. The lowest BCUT2D eigenvalue weighted by molar-refractivity contribution is 0.0945. The number of nitrogens with zero attached hydrogens (tertiary/aromatic N) is 1. The van der Waals surface area contributed by atoms with Gasteiger partial charge < -0.3 is 19.2 Å². The van der Waals surface area contributed by atoms with Gasteiger partial charge in [-0.1, -0.05) is 6.92 Å². The van der Waals surface area contributed by atoms with Crippen molar-refractivity contribution in [2.24, 2.45) is 5.92 Å². The van der Waals surface area contributed by atoms with Gasteiger partial charge in [0.25, 0.3) is 5.91 Å². The second-order valence-corrected chi connectivity index (χ2v) is 5.68. The van der Waals surface area contributed by atoms with E-state index in [1.807, 2.05) is 18.2 Å². The molecule has 0 saturated heterocycles. The monoisotopic (exact) mass is 300 g/mol. The van der Waals surface area contributed by atoms with Crippen molar-refractivity contribution in [3.8, 4) is 22.8 Å². The van der Waals surface area contributed by atoms with E-state index in [1.54, 1.807) is 0 Å². The molecule has 2 unspecified atom stereocenters. The Labute approximate surface area is 127 Å². The summed E-state index contributed by atoms with van der Waals surface area (Å²) < 4.78 is 16.5. The Morgan fingerprint density at radius 3 is 2.82 bits per heavy atom. The average Bonchev–Trinajstić information content (AvgIpc) is 3.04. The molecule has 1 amide bonds. The maximum Gasteiger partial charge on any atom is 0.274 e. The van der Waals surface area contributed by atoms with Crippen LogP contribution in [0.2, 0.25) is 0 Å². The van der Waals surface area contributed by atoms with E-state index >= 15 is 0 Å². The number of fused-ring (bicyclic) bond motifs is 1. The van der Waals surface area contributed by atoms with Gasteiger partial charge in [-0.05, 0) is 30.5 Å². The summed E-state index contributed by atoms with van der Waals surface area (Å²) in [5.41, 5.74) is 1.05. The molecule has 22 heavy (non-hydrogen) atoms. The van der Waals surface area contributed by atoms with E-state index in [0.717, 1.165) is 12.0 Å². The highest BCUT2D eigenvalue weighted by Crippen LogP contribution is 2.36. The number of ether oxygens (including phenoxy) is 2. The third-order valence-corrected chi connectivity index (χ3v) is 4.01. The molecular weight excluding hydrogens is 284 g/mol. The molecule has 2 heterocycles. The van der Waals surface area contributed by atoms with Gasteiger partial charge >= 0.3 is 0 Å². The molecule has 1 aromatic heterocycles. The fourth-order valence-corrected chi connectivity index (χ4v) is 2.56. The molecule has 4 rings (SSSR count). The second-order valence-electron chi connectivity index (χ2n) is 5.68. The lowest BCUT2D eigenvalue weighted by atomic mass is 10.1. The van der Waals surface area contributed by atoms with Crippen molar-refractivity contribution in [1.29, 1.82) is 0 Å². The van der Waals surface area contributed by atoms with Gasteiger partial charge in [-0.2, -0.15) is 0 Å². The van der Waals surface area contributed by atoms with Crippen molar-refractivity contribution in [2.45, 2.75) is 19.4 Å². The number of oxazole rings is 1. The van der Waals surface area contributed by atoms with Crippen LogP contribution in [0.1, 0.15) is 23.8 Å². The van der Waals surface area contributed by atoms with Crippen molar-refractivity contribution in [3.63, 3.8) is 0 Å². The minimum absolute atomic E-state index is 0.201. The van der Waals surface area contributed by atoms with E-state index in [4.69, 9.17) is 13.9 Å². The van der Waals surface area contributed by atoms with Crippen LogP contribution in [0.4, 0.5) is 0 Å². The Hall–Kier alpha value is -2.50. The van der Waals surface area contributed by atoms with Crippen LogP contribution in [0.15, 0.2) is 29.0 Å². The van der Waals surface area contributed by atoms with Crippen LogP contribution in [-0.2, 0) is 0 Å². The molecule has 1 aliphatic carbocycles. The lowest BCUT2D eigenvalue weighted by Gasteiger charge is -2.18. The summed E-state index contributed by atoms with van der Waals surface area (Å²) in [5.74, 6) is 2.14. The highest BCUT2D eigenvalue weighted by atomic mass is 16.6. The van der Waals surface area contributed by atoms with Crippen molar-refractivity contribution in [3.05, 3.63) is 30.3 Å². The zero-order chi connectivity index (χ0) is 15.1. The van der Waals surface area contributed by atoms with E-state index in [-0.39, 0.29) is 11.9 Å². The third-order valence-electron chi connectivity index (χ3n) is 4.01. The molecule has 1 aliphatic heterocycles. The molecule has 2 aromatic rings. The van der Waals surface area contributed by atoms with Crippen LogP contribution in [0.5, 0.6) is 11.5 Å². The number of carbonyl (C=O) groups is 1. The molecule has 6 heteroatoms. The molecule has 1 saturated carbocycles. The van der Waals surface area contributed by atoms with Gasteiger partial charge in [-0.15, -0.1) is 0 Å². The quantitative estimate of drug-likeness (QED) is 0.941. The third kappa shape index (κ3) is 2.30. The molecule has 1 N–H and O–H groups in total. The molecule has 114 valence electrons. The summed E-state index contributed by atoms with van der Waals surface area (Å²) in [6.07, 6.45) is 2.31. The number of rotatable bonds is 3. The van der Waals surface area contributed by atoms with Crippen LogP contribution in [0.3, 0.4) is 0 Å². The van der Waals surface area contributed by atoms with Crippen LogP contribution >= 0.6 is 0 Å². The number of hydrogen-bond donors (Lipinski definition) is 1. The summed E-state index contributed by atoms with van der Waals surface area (Å²) in [4.78, 5) is 16.4. The normalized spacial score (nSPS) is 22.2. The number of carbonyl (C=O) groups excluding carboxylic acids is 1. The molecular formula is C16H16N2O4. The van der Waals surface area contributed by atoms with Crippen LogP contribution in [0, 0.1) is 5.92 Å². The van der Waals surface area contributed by atoms with E-state index in [0.29, 0.717) is 42.1 Å². The fourth-order valence-electron chi connectivity index (χ4n) is 2.56. The first-order chi connectivity index (χ1) is 10.7. The van der Waals surface area contributed by atoms with Gasteiger partial charge in [0.15, 0.2) is 29.3 Å². The smallest absolute Gasteiger partial charge is 0.274 e. The summed E-state index contributed by atoms with van der Waals surface area (Å²) in [6, 6.07) is 5.71. The average molecular weight is 300 g/mol. The number of aromatic nitrogens is 1. The van der Waals surface area contributed by atoms with Gasteiger partial charge in [0, 0.05) is 11.6 Å². The van der Waals surface area contributed by atoms with E-state index in [2.05, 4.69) is 17.2 Å². The largest absolute Gasteiger partial charge is 0.486 e. The topological polar surface area (TPSA) is 73.6 Å². The highest BCUT2D eigenvalue weighted by Gasteiger charge is 2.35. The zero-order valence-corrected chi connectivity index (χ0v) is 12.2. The minimum Gasteiger partial charge on any atom is -0.486 e. The summed E-state index contributed by atoms with van der Waals surface area (Å²) >= 11 is 0. The molecule has 6 nitrogen and oxygen atoms in total.